The van der Waals surface area contributed by atoms with Gasteiger partial charge in [0.25, 0.3) is 0 Å². The van der Waals surface area contributed by atoms with Crippen LogP contribution in [0.3, 0.4) is 0 Å². The number of benzene rings is 1. The molecule has 0 amide bonds. The van der Waals surface area contributed by atoms with Gasteiger partial charge in [-0.15, -0.1) is 5.10 Å². The highest BCUT2D eigenvalue weighted by Crippen LogP contribution is 2.42. The molecule has 8 heteroatoms. The molecule has 5 rings (SSSR count). The van der Waals surface area contributed by atoms with Crippen molar-refractivity contribution in [2.24, 2.45) is 0 Å². The van der Waals surface area contributed by atoms with E-state index in [0.29, 0.717) is 36.3 Å². The summed E-state index contributed by atoms with van der Waals surface area (Å²) >= 11 is 0. The molecule has 31 heavy (non-hydrogen) atoms. The minimum Gasteiger partial charge on any atom is -0.493 e. The number of nitrogens with zero attached hydrogens (tertiary/aromatic N) is 4. The number of rotatable bonds is 5. The predicted molar refractivity (Wildman–Crippen MR) is 115 cm³/mol. The van der Waals surface area contributed by atoms with Crippen molar-refractivity contribution < 1.29 is 14.3 Å². The number of hydrogen-bond acceptors (Lipinski definition) is 7. The molecule has 1 N–H and O–H groups in total. The standard InChI is InChI=1S/C23H23N5O3/c1-3-31-18-10-9-14(12-19(18)30-2)21-20-16(7-4-8-17(20)29)25-23-26-22(27-28(21)23)15-6-5-11-24-13-15/h5-6,9-13,21H,3-4,7-8H2,1-2H3,(H,25,26,27). The second kappa shape index (κ2) is 7.86. The number of methoxy groups -OCH3 is 1. The number of pyridine rings is 1. The van der Waals surface area contributed by atoms with Gasteiger partial charge in [0.05, 0.1) is 13.7 Å². The molecule has 0 bridgehead atoms. The van der Waals surface area contributed by atoms with E-state index in [2.05, 4.69) is 10.3 Å². The molecule has 8 nitrogen and oxygen atoms in total. The van der Waals surface area contributed by atoms with Crippen LogP contribution in [0.4, 0.5) is 5.95 Å². The van der Waals surface area contributed by atoms with Crippen LogP contribution in [0.15, 0.2) is 54.0 Å². The summed E-state index contributed by atoms with van der Waals surface area (Å²) in [7, 11) is 1.61. The van der Waals surface area contributed by atoms with Crippen molar-refractivity contribution in [1.29, 1.82) is 0 Å². The maximum absolute atomic E-state index is 13.0. The molecule has 0 saturated heterocycles. The predicted octanol–water partition coefficient (Wildman–Crippen LogP) is 3.77. The van der Waals surface area contributed by atoms with Gasteiger partial charge in [0.15, 0.2) is 23.1 Å². The molecule has 0 saturated carbocycles. The van der Waals surface area contributed by atoms with Crippen LogP contribution in [0.25, 0.3) is 11.4 Å². The maximum Gasteiger partial charge on any atom is 0.226 e. The van der Waals surface area contributed by atoms with Crippen molar-refractivity contribution in [2.75, 3.05) is 19.0 Å². The minimum atomic E-state index is -0.387. The summed E-state index contributed by atoms with van der Waals surface area (Å²) in [6, 6.07) is 9.15. The van der Waals surface area contributed by atoms with Crippen LogP contribution in [0.2, 0.25) is 0 Å². The molecule has 158 valence electrons. The molecular weight excluding hydrogens is 394 g/mol. The Hall–Kier alpha value is -3.68. The van der Waals surface area contributed by atoms with Crippen LogP contribution in [-0.2, 0) is 4.79 Å². The lowest BCUT2D eigenvalue weighted by atomic mass is 9.85. The van der Waals surface area contributed by atoms with Crippen molar-refractivity contribution in [2.45, 2.75) is 32.2 Å². The third-order valence-corrected chi connectivity index (χ3v) is 5.59. The van der Waals surface area contributed by atoms with Crippen LogP contribution < -0.4 is 14.8 Å². The molecular formula is C23H23N5O3. The number of aromatic nitrogens is 4. The summed E-state index contributed by atoms with van der Waals surface area (Å²) in [6.07, 6.45) is 5.61. The topological polar surface area (TPSA) is 91.2 Å². The van der Waals surface area contributed by atoms with Gasteiger partial charge in [0.2, 0.25) is 5.95 Å². The summed E-state index contributed by atoms with van der Waals surface area (Å²) in [6.45, 7) is 2.47. The smallest absolute Gasteiger partial charge is 0.226 e. The first kappa shape index (κ1) is 19.3. The number of Topliss-reactive ketones (excluding diaryl/α,β-unsaturated/α-hetero) is 1. The van der Waals surface area contributed by atoms with Crippen LogP contribution in [0.5, 0.6) is 11.5 Å². The van der Waals surface area contributed by atoms with E-state index in [1.165, 1.54) is 0 Å². The number of allylic oxidation sites excluding steroid dienone is 2. The van der Waals surface area contributed by atoms with Crippen LogP contribution >= 0.6 is 0 Å². The number of carbonyl (C=O) groups excluding carboxylic acids is 1. The Kier molecular flexibility index (Phi) is 4.89. The van der Waals surface area contributed by atoms with E-state index in [1.807, 2.05) is 37.3 Å². The number of nitrogens with one attached hydrogen (secondary N) is 1. The zero-order chi connectivity index (χ0) is 21.4. The largest absolute Gasteiger partial charge is 0.493 e. The average Bonchev–Trinajstić information content (AvgIpc) is 3.23. The molecule has 3 aromatic rings. The lowest BCUT2D eigenvalue weighted by Crippen LogP contribution is -2.31. The molecule has 1 unspecified atom stereocenters. The maximum atomic E-state index is 13.0. The lowest BCUT2D eigenvalue weighted by Gasteiger charge is -2.32. The molecule has 0 fully saturated rings. The third kappa shape index (κ3) is 3.34. The number of anilines is 1. The zero-order valence-electron chi connectivity index (χ0n) is 17.5. The van der Waals surface area contributed by atoms with Crippen LogP contribution in [0.1, 0.15) is 37.8 Å². The average molecular weight is 417 g/mol. The van der Waals surface area contributed by atoms with Crippen molar-refractivity contribution in [1.82, 2.24) is 19.7 Å². The van der Waals surface area contributed by atoms with Gasteiger partial charge < -0.3 is 14.8 Å². The first-order valence-electron chi connectivity index (χ1n) is 10.4. The fraction of sp³-hybridized carbons (Fsp3) is 0.304. The van der Waals surface area contributed by atoms with Crippen molar-refractivity contribution in [3.63, 3.8) is 0 Å². The first-order chi connectivity index (χ1) is 15.2. The number of ketones is 1. The molecule has 1 atom stereocenters. The summed E-state index contributed by atoms with van der Waals surface area (Å²) in [5, 5.41) is 8.11. The summed E-state index contributed by atoms with van der Waals surface area (Å²) < 4.78 is 13.0. The Morgan fingerprint density at radius 2 is 2.13 bits per heavy atom. The monoisotopic (exact) mass is 417 g/mol. The molecule has 3 heterocycles. The third-order valence-electron chi connectivity index (χ3n) is 5.59. The second-order valence-electron chi connectivity index (χ2n) is 7.49. The van der Waals surface area contributed by atoms with Gasteiger partial charge in [-0.25, -0.2) is 4.68 Å². The molecule has 1 aromatic carbocycles. The highest BCUT2D eigenvalue weighted by molar-refractivity contribution is 5.99. The van der Waals surface area contributed by atoms with Gasteiger partial charge >= 0.3 is 0 Å². The molecule has 2 aromatic heterocycles. The Bertz CT molecular complexity index is 1170. The minimum absolute atomic E-state index is 0.135. The molecule has 1 aliphatic carbocycles. The fourth-order valence-electron chi connectivity index (χ4n) is 4.21. The molecule has 1 aliphatic heterocycles. The Morgan fingerprint density at radius 3 is 2.90 bits per heavy atom. The highest BCUT2D eigenvalue weighted by Gasteiger charge is 2.37. The SMILES string of the molecule is CCOc1ccc(C2C3=C(CCCC3=O)Nc3nc(-c4cccnc4)nn32)cc1OC. The molecule has 2 aliphatic rings. The molecule has 0 spiro atoms. The Morgan fingerprint density at radius 1 is 1.23 bits per heavy atom. The van der Waals surface area contributed by atoms with Crippen LogP contribution in [0, 0.1) is 0 Å². The van der Waals surface area contributed by atoms with E-state index in [9.17, 15) is 4.79 Å². The second-order valence-corrected chi connectivity index (χ2v) is 7.49. The summed E-state index contributed by atoms with van der Waals surface area (Å²) in [5.74, 6) is 2.60. The van der Waals surface area contributed by atoms with Gasteiger partial charge in [0, 0.05) is 35.6 Å². The van der Waals surface area contributed by atoms with E-state index >= 15 is 0 Å². The van der Waals surface area contributed by atoms with Gasteiger partial charge in [-0.3, -0.25) is 9.78 Å². The summed E-state index contributed by atoms with van der Waals surface area (Å²) in [4.78, 5) is 21.9. The zero-order valence-corrected chi connectivity index (χ0v) is 17.5. The number of hydrogen-bond donors (Lipinski definition) is 1. The van der Waals surface area contributed by atoms with E-state index in [4.69, 9.17) is 19.6 Å². The quantitative estimate of drug-likeness (QED) is 0.676. The van der Waals surface area contributed by atoms with Gasteiger partial charge in [0.1, 0.15) is 6.04 Å². The van der Waals surface area contributed by atoms with Gasteiger partial charge in [-0.05, 0) is 49.6 Å². The van der Waals surface area contributed by atoms with Gasteiger partial charge in [-0.2, -0.15) is 4.98 Å². The van der Waals surface area contributed by atoms with Crippen LogP contribution in [-0.4, -0.2) is 39.2 Å². The van der Waals surface area contributed by atoms with Gasteiger partial charge in [-0.1, -0.05) is 6.07 Å². The fourth-order valence-corrected chi connectivity index (χ4v) is 4.21. The van der Waals surface area contributed by atoms with E-state index in [0.717, 1.165) is 35.2 Å². The Labute approximate surface area is 179 Å². The number of fused-ring (bicyclic) bond motifs is 1. The lowest BCUT2D eigenvalue weighted by molar-refractivity contribution is -0.116. The van der Waals surface area contributed by atoms with E-state index in [-0.39, 0.29) is 11.8 Å². The number of ether oxygens (including phenoxy) is 2. The van der Waals surface area contributed by atoms with E-state index in [1.54, 1.807) is 24.2 Å². The molecule has 0 radical (unpaired) electrons. The first-order valence-corrected chi connectivity index (χ1v) is 10.4. The van der Waals surface area contributed by atoms with Crippen molar-refractivity contribution in [3.05, 3.63) is 59.6 Å². The van der Waals surface area contributed by atoms with Crippen molar-refractivity contribution in [3.8, 4) is 22.9 Å². The normalized spacial score (nSPS) is 17.6. The van der Waals surface area contributed by atoms with E-state index < -0.39 is 0 Å². The highest BCUT2D eigenvalue weighted by atomic mass is 16.5. The summed E-state index contributed by atoms with van der Waals surface area (Å²) in [5.41, 5.74) is 3.38. The number of carbonyl (C=O) groups is 1. The van der Waals surface area contributed by atoms with Crippen molar-refractivity contribution >= 4 is 11.7 Å². The Balaban J connectivity index is 1.66.